The highest BCUT2D eigenvalue weighted by atomic mass is 16.5. The number of Topliss-reactive ketones (excluding diaryl/α,β-unsaturated/α-hetero) is 1. The molecule has 3 fully saturated rings. The summed E-state index contributed by atoms with van der Waals surface area (Å²) in [5.74, 6) is 0.495. The Morgan fingerprint density at radius 2 is 2.00 bits per heavy atom. The zero-order valence-electron chi connectivity index (χ0n) is 20.4. The van der Waals surface area contributed by atoms with Crippen LogP contribution in [0.3, 0.4) is 0 Å². The number of rotatable bonds is 7. The van der Waals surface area contributed by atoms with Gasteiger partial charge in [-0.2, -0.15) is 5.26 Å². The van der Waals surface area contributed by atoms with Crippen LogP contribution in [0, 0.1) is 41.4 Å². The van der Waals surface area contributed by atoms with Gasteiger partial charge in [-0.05, 0) is 62.0 Å². The number of ketones is 1. The molecule has 0 aromatic heterocycles. The normalized spacial score (nSPS) is 28.3. The third-order valence-corrected chi connectivity index (χ3v) is 7.76. The van der Waals surface area contributed by atoms with Gasteiger partial charge in [-0.3, -0.25) is 14.4 Å². The third kappa shape index (κ3) is 5.27. The summed E-state index contributed by atoms with van der Waals surface area (Å²) in [6, 6.07) is 8.35. The van der Waals surface area contributed by atoms with Crippen LogP contribution in [-0.4, -0.2) is 47.7 Å². The van der Waals surface area contributed by atoms with Gasteiger partial charge in [0.05, 0.1) is 6.07 Å². The summed E-state index contributed by atoms with van der Waals surface area (Å²) < 4.78 is 5.69. The van der Waals surface area contributed by atoms with E-state index in [1.54, 1.807) is 4.90 Å². The number of amides is 2. The van der Waals surface area contributed by atoms with Crippen LogP contribution in [0.15, 0.2) is 24.3 Å². The highest BCUT2D eigenvalue weighted by Gasteiger charge is 2.50. The van der Waals surface area contributed by atoms with E-state index in [-0.39, 0.29) is 41.5 Å². The van der Waals surface area contributed by atoms with Crippen molar-refractivity contribution >= 4 is 17.6 Å². The Morgan fingerprint density at radius 3 is 2.65 bits per heavy atom. The average molecular weight is 466 g/mol. The molecule has 0 bridgehead atoms. The fourth-order valence-corrected chi connectivity index (χ4v) is 6.13. The minimum Gasteiger partial charge on any atom is -0.484 e. The SMILES string of the molecule is Cc1ccc(OCC(=O)N2C[C@@H]3CCC[C@@H]3[C@H]2C(=O)N[C@H](C#N)C[C@@H]2CC(C)(C)CC2=O)cc1. The highest BCUT2D eigenvalue weighted by molar-refractivity contribution is 5.90. The first-order valence-corrected chi connectivity index (χ1v) is 12.4. The van der Waals surface area contributed by atoms with Gasteiger partial charge in [0, 0.05) is 18.9 Å². The van der Waals surface area contributed by atoms with Crippen LogP contribution in [0.2, 0.25) is 0 Å². The summed E-state index contributed by atoms with van der Waals surface area (Å²) >= 11 is 0. The Hall–Kier alpha value is -2.88. The van der Waals surface area contributed by atoms with E-state index in [0.717, 1.165) is 31.2 Å². The Morgan fingerprint density at radius 1 is 1.26 bits per heavy atom. The van der Waals surface area contributed by atoms with E-state index in [2.05, 4.69) is 25.2 Å². The molecule has 2 aliphatic carbocycles. The zero-order valence-corrected chi connectivity index (χ0v) is 20.4. The van der Waals surface area contributed by atoms with Crippen LogP contribution in [0.5, 0.6) is 5.75 Å². The molecular formula is C27H35N3O4. The van der Waals surface area contributed by atoms with E-state index in [1.165, 1.54) is 0 Å². The van der Waals surface area contributed by atoms with Crippen molar-refractivity contribution in [2.45, 2.75) is 71.4 Å². The predicted octanol–water partition coefficient (Wildman–Crippen LogP) is 3.40. The maximum Gasteiger partial charge on any atom is 0.261 e. The highest BCUT2D eigenvalue weighted by Crippen LogP contribution is 2.43. The Labute approximate surface area is 201 Å². The first-order valence-electron chi connectivity index (χ1n) is 12.4. The second-order valence-corrected chi connectivity index (χ2v) is 11.1. The minimum absolute atomic E-state index is 0.0606. The fourth-order valence-electron chi connectivity index (χ4n) is 6.13. The second kappa shape index (κ2) is 9.77. The fraction of sp³-hybridized carbons (Fsp3) is 0.630. The van der Waals surface area contributed by atoms with Crippen molar-refractivity contribution in [2.24, 2.45) is 23.2 Å². The summed E-state index contributed by atoms with van der Waals surface area (Å²) in [5.41, 5.74) is 1.05. The van der Waals surface area contributed by atoms with E-state index in [4.69, 9.17) is 4.74 Å². The molecule has 34 heavy (non-hydrogen) atoms. The molecule has 5 atom stereocenters. The summed E-state index contributed by atoms with van der Waals surface area (Å²) in [6.45, 7) is 6.53. The molecule has 1 aliphatic heterocycles. The number of ether oxygens (including phenoxy) is 1. The minimum atomic E-state index is -0.739. The van der Waals surface area contributed by atoms with Gasteiger partial charge < -0.3 is 15.0 Å². The topological polar surface area (TPSA) is 99.5 Å². The molecule has 1 saturated heterocycles. The number of aryl methyl sites for hydroxylation is 1. The number of likely N-dealkylation sites (tertiary alicyclic amines) is 1. The molecule has 7 nitrogen and oxygen atoms in total. The molecule has 7 heteroatoms. The summed E-state index contributed by atoms with van der Waals surface area (Å²) in [5, 5.41) is 12.6. The van der Waals surface area contributed by atoms with Gasteiger partial charge in [-0.25, -0.2) is 0 Å². The number of hydrogen-bond donors (Lipinski definition) is 1. The van der Waals surface area contributed by atoms with Crippen molar-refractivity contribution in [3.63, 3.8) is 0 Å². The van der Waals surface area contributed by atoms with Crippen LogP contribution in [0.1, 0.15) is 57.9 Å². The van der Waals surface area contributed by atoms with Crippen molar-refractivity contribution in [2.75, 3.05) is 13.2 Å². The molecular weight excluding hydrogens is 430 g/mol. The van der Waals surface area contributed by atoms with Gasteiger partial charge in [-0.1, -0.05) is 38.0 Å². The van der Waals surface area contributed by atoms with Crippen molar-refractivity contribution in [3.05, 3.63) is 29.8 Å². The molecule has 2 amide bonds. The summed E-state index contributed by atoms with van der Waals surface area (Å²) in [4.78, 5) is 40.5. The molecule has 1 aromatic rings. The summed E-state index contributed by atoms with van der Waals surface area (Å²) in [6.07, 6.45) is 4.53. The Bertz CT molecular complexity index is 981. The maximum atomic E-state index is 13.4. The predicted molar refractivity (Wildman–Crippen MR) is 127 cm³/mol. The number of nitriles is 1. The smallest absolute Gasteiger partial charge is 0.261 e. The molecule has 4 rings (SSSR count). The van der Waals surface area contributed by atoms with Gasteiger partial charge in [-0.15, -0.1) is 0 Å². The van der Waals surface area contributed by atoms with E-state index >= 15 is 0 Å². The Kier molecular flexibility index (Phi) is 6.97. The van der Waals surface area contributed by atoms with Crippen molar-refractivity contribution < 1.29 is 19.1 Å². The van der Waals surface area contributed by atoms with Crippen LogP contribution in [0.4, 0.5) is 0 Å². The zero-order chi connectivity index (χ0) is 24.5. The van der Waals surface area contributed by atoms with Gasteiger partial charge in [0.25, 0.3) is 5.91 Å². The maximum absolute atomic E-state index is 13.4. The standard InChI is InChI=1S/C27H35N3O4/c1-17-7-9-21(10-8-17)34-16-24(32)30-15-18-5-4-6-22(18)25(30)26(33)29-20(14-28)11-19-12-27(2,3)13-23(19)31/h7-10,18-20,22,25H,4-6,11-13,15-16H2,1-3H3,(H,29,33)/t18-,19+,20-,22-,25-/m0/s1. The molecule has 2 saturated carbocycles. The lowest BCUT2D eigenvalue weighted by atomic mass is 9.89. The second-order valence-electron chi connectivity index (χ2n) is 11.1. The molecule has 182 valence electrons. The molecule has 1 heterocycles. The van der Waals surface area contributed by atoms with Gasteiger partial charge in [0.15, 0.2) is 6.61 Å². The van der Waals surface area contributed by atoms with Gasteiger partial charge in [0.1, 0.15) is 23.6 Å². The lowest BCUT2D eigenvalue weighted by Gasteiger charge is -2.28. The van der Waals surface area contributed by atoms with E-state index in [9.17, 15) is 19.6 Å². The molecule has 1 aromatic carbocycles. The number of carbonyl (C=O) groups excluding carboxylic acids is 3. The third-order valence-electron chi connectivity index (χ3n) is 7.76. The van der Waals surface area contributed by atoms with Crippen molar-refractivity contribution in [1.82, 2.24) is 10.2 Å². The van der Waals surface area contributed by atoms with Crippen LogP contribution in [0.25, 0.3) is 0 Å². The first kappa shape index (κ1) is 24.3. The van der Waals surface area contributed by atoms with Gasteiger partial charge in [0.2, 0.25) is 5.91 Å². The number of hydrogen-bond acceptors (Lipinski definition) is 5. The van der Waals surface area contributed by atoms with Gasteiger partial charge >= 0.3 is 0 Å². The summed E-state index contributed by atoms with van der Waals surface area (Å²) in [7, 11) is 0. The molecule has 0 spiro atoms. The van der Waals surface area contributed by atoms with Crippen LogP contribution in [-0.2, 0) is 14.4 Å². The van der Waals surface area contributed by atoms with Crippen LogP contribution >= 0.6 is 0 Å². The lowest BCUT2D eigenvalue weighted by molar-refractivity contribution is -0.141. The molecule has 3 aliphatic rings. The van der Waals surface area contributed by atoms with E-state index in [1.807, 2.05) is 31.2 Å². The number of nitrogens with one attached hydrogen (secondary N) is 1. The number of benzene rings is 1. The van der Waals surface area contributed by atoms with E-state index < -0.39 is 12.1 Å². The molecule has 0 radical (unpaired) electrons. The molecule has 1 N–H and O–H groups in total. The van der Waals surface area contributed by atoms with Crippen molar-refractivity contribution in [1.29, 1.82) is 5.26 Å². The number of fused-ring (bicyclic) bond motifs is 1. The quantitative estimate of drug-likeness (QED) is 0.665. The molecule has 0 unspecified atom stereocenters. The Balaban J connectivity index is 1.41. The average Bonchev–Trinajstić information content (AvgIpc) is 3.44. The van der Waals surface area contributed by atoms with E-state index in [0.29, 0.717) is 31.1 Å². The lowest BCUT2D eigenvalue weighted by Crippen LogP contribution is -2.52. The number of carbonyl (C=O) groups is 3. The van der Waals surface area contributed by atoms with Crippen LogP contribution < -0.4 is 10.1 Å². The number of nitrogens with zero attached hydrogens (tertiary/aromatic N) is 2. The first-order chi connectivity index (χ1) is 16.2. The van der Waals surface area contributed by atoms with Crippen molar-refractivity contribution in [3.8, 4) is 11.8 Å². The largest absolute Gasteiger partial charge is 0.484 e. The monoisotopic (exact) mass is 465 g/mol.